The van der Waals surface area contributed by atoms with Crippen molar-refractivity contribution in [1.29, 1.82) is 0 Å². The molecule has 0 aromatic heterocycles. The van der Waals surface area contributed by atoms with Crippen LogP contribution in [0.15, 0.2) is 72.8 Å². The van der Waals surface area contributed by atoms with Crippen molar-refractivity contribution in [2.24, 2.45) is 5.92 Å². The van der Waals surface area contributed by atoms with Gasteiger partial charge in [0.25, 0.3) is 5.91 Å². The van der Waals surface area contributed by atoms with Crippen LogP contribution in [0, 0.1) is 17.6 Å². The Morgan fingerprint density at radius 2 is 1.69 bits per heavy atom. The van der Waals surface area contributed by atoms with Crippen LogP contribution in [-0.4, -0.2) is 55.1 Å². The Bertz CT molecular complexity index is 1210. The maximum Gasteiger partial charge on any atom is 0.260 e. The standard InChI is InChI=1S/C29H30F2N2O3/c1-35-26-12-5-6-13-27(26)36-19-28(34)32-15-14-25-23(18-32)22(21-10-7-11-24(30)29(21)31)17-33(25)16-20-8-3-2-4-9-20/h2-13,22-23,25H,14-19H2,1H3/t22-,23-,25-/m0/s1. The molecule has 2 aliphatic rings. The van der Waals surface area contributed by atoms with Gasteiger partial charge in [-0.05, 0) is 35.7 Å². The minimum atomic E-state index is -0.834. The van der Waals surface area contributed by atoms with E-state index in [0.29, 0.717) is 36.7 Å². The highest BCUT2D eigenvalue weighted by atomic mass is 19.2. The van der Waals surface area contributed by atoms with Crippen LogP contribution >= 0.6 is 0 Å². The molecule has 2 aliphatic heterocycles. The van der Waals surface area contributed by atoms with Gasteiger partial charge >= 0.3 is 0 Å². The lowest BCUT2D eigenvalue weighted by Crippen LogP contribution is -2.49. The fourth-order valence-electron chi connectivity index (χ4n) is 5.67. The van der Waals surface area contributed by atoms with Crippen LogP contribution in [0.4, 0.5) is 8.78 Å². The summed E-state index contributed by atoms with van der Waals surface area (Å²) < 4.78 is 40.1. The van der Waals surface area contributed by atoms with Gasteiger partial charge in [0, 0.05) is 44.1 Å². The number of rotatable bonds is 7. The van der Waals surface area contributed by atoms with Crippen LogP contribution < -0.4 is 9.47 Å². The molecule has 2 fully saturated rings. The van der Waals surface area contributed by atoms with Crippen LogP contribution in [0.1, 0.15) is 23.5 Å². The molecule has 7 heteroatoms. The number of hydrogen-bond acceptors (Lipinski definition) is 4. The van der Waals surface area contributed by atoms with Crippen LogP contribution in [0.2, 0.25) is 0 Å². The molecule has 0 radical (unpaired) electrons. The first-order valence-electron chi connectivity index (χ1n) is 12.3. The highest BCUT2D eigenvalue weighted by molar-refractivity contribution is 5.78. The monoisotopic (exact) mass is 492 g/mol. The molecular formula is C29H30F2N2O3. The summed E-state index contributed by atoms with van der Waals surface area (Å²) in [5, 5.41) is 0. The van der Waals surface area contributed by atoms with Crippen LogP contribution in [0.3, 0.4) is 0 Å². The largest absolute Gasteiger partial charge is 0.493 e. The smallest absolute Gasteiger partial charge is 0.260 e. The second kappa shape index (κ2) is 10.7. The van der Waals surface area contributed by atoms with E-state index in [2.05, 4.69) is 17.0 Å². The van der Waals surface area contributed by atoms with Crippen LogP contribution in [0.5, 0.6) is 11.5 Å². The van der Waals surface area contributed by atoms with Gasteiger partial charge in [-0.1, -0.05) is 54.6 Å². The Balaban J connectivity index is 1.34. The zero-order valence-electron chi connectivity index (χ0n) is 20.3. The molecule has 0 bridgehead atoms. The van der Waals surface area contributed by atoms with Gasteiger partial charge in [0.2, 0.25) is 0 Å². The summed E-state index contributed by atoms with van der Waals surface area (Å²) in [6.07, 6.45) is 0.769. The maximum atomic E-state index is 14.9. The van der Waals surface area contributed by atoms with Crippen LogP contribution in [-0.2, 0) is 11.3 Å². The molecule has 188 valence electrons. The lowest BCUT2D eigenvalue weighted by molar-refractivity contribution is -0.135. The predicted molar refractivity (Wildman–Crippen MR) is 133 cm³/mol. The third-order valence-corrected chi connectivity index (χ3v) is 7.42. The zero-order chi connectivity index (χ0) is 25.1. The number of halogens is 2. The van der Waals surface area contributed by atoms with Crippen molar-refractivity contribution in [3.05, 3.63) is 95.6 Å². The number of hydrogen-bond donors (Lipinski definition) is 0. The van der Waals surface area contributed by atoms with E-state index in [1.54, 1.807) is 36.3 Å². The van der Waals surface area contributed by atoms with E-state index in [1.807, 2.05) is 30.3 Å². The Morgan fingerprint density at radius 1 is 0.944 bits per heavy atom. The summed E-state index contributed by atoms with van der Waals surface area (Å²) in [5.74, 6) is -0.880. The Morgan fingerprint density at radius 3 is 2.47 bits per heavy atom. The normalized spacial score (nSPS) is 21.8. The molecule has 3 aromatic carbocycles. The molecular weight excluding hydrogens is 462 g/mol. The minimum absolute atomic E-state index is 0.00558. The van der Waals surface area contributed by atoms with E-state index in [9.17, 15) is 13.6 Å². The van der Waals surface area contributed by atoms with Gasteiger partial charge in [-0.3, -0.25) is 9.69 Å². The van der Waals surface area contributed by atoms with Crippen molar-refractivity contribution < 1.29 is 23.0 Å². The molecule has 5 nitrogen and oxygen atoms in total. The lowest BCUT2D eigenvalue weighted by Gasteiger charge is -2.39. The number of carbonyl (C=O) groups is 1. The first-order valence-corrected chi connectivity index (χ1v) is 12.3. The van der Waals surface area contributed by atoms with Gasteiger partial charge in [0.05, 0.1) is 7.11 Å². The van der Waals surface area contributed by atoms with Gasteiger partial charge in [0.1, 0.15) is 0 Å². The summed E-state index contributed by atoms with van der Waals surface area (Å²) in [5.41, 5.74) is 1.57. The molecule has 0 saturated carbocycles. The number of ether oxygens (including phenoxy) is 2. The molecule has 36 heavy (non-hydrogen) atoms. The molecule has 0 aliphatic carbocycles. The fraction of sp³-hybridized carbons (Fsp3) is 0.345. The molecule has 2 heterocycles. The van der Waals surface area contributed by atoms with Crippen molar-refractivity contribution in [2.75, 3.05) is 33.4 Å². The van der Waals surface area contributed by atoms with E-state index in [4.69, 9.17) is 9.47 Å². The SMILES string of the molecule is COc1ccccc1OCC(=O)N1CC[C@H]2[C@@H](C1)[C@H](c1cccc(F)c1F)CN2Cc1ccccc1. The third-order valence-electron chi connectivity index (χ3n) is 7.42. The average molecular weight is 493 g/mol. The number of para-hydroxylation sites is 2. The Kier molecular flexibility index (Phi) is 7.18. The summed E-state index contributed by atoms with van der Waals surface area (Å²) in [6, 6.07) is 21.9. The number of carbonyl (C=O) groups excluding carboxylic acids is 1. The first kappa shape index (κ1) is 24.3. The number of piperidine rings is 1. The number of methoxy groups -OCH3 is 1. The van der Waals surface area contributed by atoms with E-state index < -0.39 is 11.6 Å². The summed E-state index contributed by atoms with van der Waals surface area (Å²) in [4.78, 5) is 17.3. The van der Waals surface area contributed by atoms with Crippen molar-refractivity contribution in [3.8, 4) is 11.5 Å². The van der Waals surface area contributed by atoms with Crippen LogP contribution in [0.25, 0.3) is 0 Å². The summed E-state index contributed by atoms with van der Waals surface area (Å²) >= 11 is 0. The molecule has 0 N–H and O–H groups in total. The van der Waals surface area contributed by atoms with E-state index in [0.717, 1.165) is 19.0 Å². The van der Waals surface area contributed by atoms with E-state index in [1.165, 1.54) is 5.56 Å². The number of fused-ring (bicyclic) bond motifs is 1. The zero-order valence-corrected chi connectivity index (χ0v) is 20.3. The van der Waals surface area contributed by atoms with Crippen molar-refractivity contribution in [2.45, 2.75) is 24.9 Å². The first-order chi connectivity index (χ1) is 17.5. The maximum absolute atomic E-state index is 14.9. The number of likely N-dealkylation sites (tertiary alicyclic amines) is 2. The minimum Gasteiger partial charge on any atom is -0.493 e. The van der Waals surface area contributed by atoms with Gasteiger partial charge in [0.15, 0.2) is 29.7 Å². The molecule has 2 saturated heterocycles. The number of nitrogens with zero attached hydrogens (tertiary/aromatic N) is 2. The predicted octanol–water partition coefficient (Wildman–Crippen LogP) is 4.87. The van der Waals surface area contributed by atoms with Crippen molar-refractivity contribution in [1.82, 2.24) is 9.80 Å². The van der Waals surface area contributed by atoms with Gasteiger partial charge in [-0.25, -0.2) is 8.78 Å². The molecule has 1 amide bonds. The third kappa shape index (κ3) is 4.93. The lowest BCUT2D eigenvalue weighted by atomic mass is 9.81. The Hall–Kier alpha value is -3.45. The quantitative estimate of drug-likeness (QED) is 0.472. The second-order valence-electron chi connectivity index (χ2n) is 9.46. The van der Waals surface area contributed by atoms with E-state index in [-0.39, 0.29) is 30.4 Å². The molecule has 0 unspecified atom stereocenters. The summed E-state index contributed by atoms with van der Waals surface area (Å²) in [6.45, 7) is 2.32. The summed E-state index contributed by atoms with van der Waals surface area (Å²) in [7, 11) is 1.56. The topological polar surface area (TPSA) is 42.0 Å². The van der Waals surface area contributed by atoms with E-state index >= 15 is 0 Å². The highest BCUT2D eigenvalue weighted by Gasteiger charge is 2.46. The highest BCUT2D eigenvalue weighted by Crippen LogP contribution is 2.43. The van der Waals surface area contributed by atoms with Gasteiger partial charge in [-0.15, -0.1) is 0 Å². The van der Waals surface area contributed by atoms with Gasteiger partial charge in [-0.2, -0.15) is 0 Å². The number of benzene rings is 3. The average Bonchev–Trinajstić information content (AvgIpc) is 3.26. The van der Waals surface area contributed by atoms with Gasteiger partial charge < -0.3 is 14.4 Å². The molecule has 0 spiro atoms. The Labute approximate surface area is 210 Å². The van der Waals surface area contributed by atoms with Crippen molar-refractivity contribution >= 4 is 5.91 Å². The molecule has 3 aromatic rings. The number of amides is 1. The fourth-order valence-corrected chi connectivity index (χ4v) is 5.67. The van der Waals surface area contributed by atoms with Crippen molar-refractivity contribution in [3.63, 3.8) is 0 Å². The molecule has 5 rings (SSSR count). The second-order valence-corrected chi connectivity index (χ2v) is 9.46. The molecule has 3 atom stereocenters.